The number of hydrogen-bond donors (Lipinski definition) is 0. The summed E-state index contributed by atoms with van der Waals surface area (Å²) in [5.74, 6) is 0. The summed E-state index contributed by atoms with van der Waals surface area (Å²) in [7, 11) is 3.66. The van der Waals surface area contributed by atoms with Crippen LogP contribution in [0.3, 0.4) is 0 Å². The van der Waals surface area contributed by atoms with Crippen molar-refractivity contribution in [1.29, 1.82) is 0 Å². The Morgan fingerprint density at radius 3 is 1.71 bits per heavy atom. The van der Waals surface area contributed by atoms with Crippen molar-refractivity contribution in [3.05, 3.63) is 71.8 Å². The molecule has 24 heavy (non-hydrogen) atoms. The summed E-state index contributed by atoms with van der Waals surface area (Å²) in [6.45, 7) is -3.54. The molecule has 12 rings (SSSR count). The molecule has 0 amide bonds. The summed E-state index contributed by atoms with van der Waals surface area (Å²) in [6, 6.07) is 24.0. The van der Waals surface area contributed by atoms with Crippen molar-refractivity contribution < 1.29 is 6.51 Å². The van der Waals surface area contributed by atoms with Crippen LogP contribution in [0.25, 0.3) is 0 Å². The molecule has 120 valence electrons. The minimum absolute atomic E-state index is 0.753. The van der Waals surface area contributed by atoms with Crippen LogP contribution in [-0.2, 0) is 15.1 Å². The predicted molar refractivity (Wildman–Crippen MR) is 94.9 cm³/mol. The van der Waals surface area contributed by atoms with Crippen LogP contribution in [0.1, 0.15) is 11.1 Å². The maximum atomic E-state index is 3.66. The molecule has 2 heteroatoms. The van der Waals surface area contributed by atoms with E-state index in [1.807, 2.05) is 11.1 Å². The molecule has 0 aliphatic carbocycles. The molecule has 10 unspecified atom stereocenters. The molecule has 0 aromatic heterocycles. The SMILES string of the molecule is P[C]12[CH]3[CH]4[CH]5[C]1(c1ccccc1)[Fe]43521678[CH]2[CH]1[CH]6[C]7(c1ccccc1)[CH]28. The van der Waals surface area contributed by atoms with Gasteiger partial charge in [-0.25, -0.2) is 0 Å². The molecule has 0 nitrogen and oxygen atoms in total. The van der Waals surface area contributed by atoms with Gasteiger partial charge < -0.3 is 0 Å². The van der Waals surface area contributed by atoms with Gasteiger partial charge in [0.25, 0.3) is 0 Å². The molecule has 1 spiro atoms. The normalized spacial score (nSPS) is 93.8. The summed E-state index contributed by atoms with van der Waals surface area (Å²) in [5, 5.41) is 0. The van der Waals surface area contributed by atoms with Crippen molar-refractivity contribution in [2.45, 2.75) is 46.4 Å². The van der Waals surface area contributed by atoms with Crippen LogP contribution < -0.4 is 0 Å². The number of hydrogen-bond acceptors (Lipinski definition) is 0. The Kier molecular flexibility index (Phi) is 0.428. The third-order valence-corrected chi connectivity index (χ3v) is 66.3. The van der Waals surface area contributed by atoms with Gasteiger partial charge >= 0.3 is 134 Å². The zero-order chi connectivity index (χ0) is 15.1. The number of rotatable bonds is 2. The first-order chi connectivity index (χ1) is 11.5. The topological polar surface area (TPSA) is 0 Å². The Morgan fingerprint density at radius 2 is 1.25 bits per heavy atom. The van der Waals surface area contributed by atoms with Gasteiger partial charge in [-0.3, -0.25) is 0 Å². The number of fused-ring (bicyclic) bond motifs is 10. The second-order valence-corrected chi connectivity index (χ2v) is 37.0. The second-order valence-electron chi connectivity index (χ2n) is 12.6. The van der Waals surface area contributed by atoms with Crippen LogP contribution in [0.4, 0.5) is 0 Å². The molecule has 0 N–H and O–H groups in total. The fourth-order valence-corrected chi connectivity index (χ4v) is 107. The summed E-state index contributed by atoms with van der Waals surface area (Å²) in [6.07, 6.45) is 0. The standard InChI is InChI=1S/C11H10P.C11H9.Fe/c12-11-8-4-7-10(11)9-5-2-1-3-6-9;1-2-6-10(7-3-1)11-8-4-5-9-11;/h1-8H,12H2;1-9H;. The Morgan fingerprint density at radius 1 is 0.667 bits per heavy atom. The molecule has 0 saturated carbocycles. The van der Waals surface area contributed by atoms with Crippen LogP contribution in [0.15, 0.2) is 60.7 Å². The van der Waals surface area contributed by atoms with Gasteiger partial charge in [-0.15, -0.1) is 0 Å². The summed E-state index contributed by atoms with van der Waals surface area (Å²) >= 11 is 0. The molecule has 10 aliphatic heterocycles. The first-order valence-electron chi connectivity index (χ1n) is 9.64. The second kappa shape index (κ2) is 1.04. The van der Waals surface area contributed by atoms with Gasteiger partial charge in [0.1, 0.15) is 0 Å². The van der Waals surface area contributed by atoms with E-state index in [2.05, 4.69) is 69.9 Å². The van der Waals surface area contributed by atoms with E-state index in [1.165, 1.54) is 33.7 Å². The molecule has 2 aromatic carbocycles. The van der Waals surface area contributed by atoms with E-state index in [0.717, 1.165) is 12.7 Å². The predicted octanol–water partition coefficient (Wildman–Crippen LogP) is 5.37. The zero-order valence-corrected chi connectivity index (χ0v) is 15.5. The molecular formula is C22H19FeP. The molecule has 0 bridgehead atoms. The van der Waals surface area contributed by atoms with Crippen LogP contribution >= 0.6 is 9.24 Å². The monoisotopic (exact) mass is 370 g/mol. The van der Waals surface area contributed by atoms with Crippen molar-refractivity contribution in [3.8, 4) is 0 Å². The van der Waals surface area contributed by atoms with Gasteiger partial charge in [0, 0.05) is 0 Å². The fourth-order valence-electron chi connectivity index (χ4n) is 20.0. The fraction of sp³-hybridized carbons (Fsp3) is 0.455. The first-order valence-corrected chi connectivity index (χ1v) is 16.3. The first kappa shape index (κ1) is 9.91. The van der Waals surface area contributed by atoms with Gasteiger partial charge in [0.15, 0.2) is 0 Å². The Bertz CT molecular complexity index is 1540. The van der Waals surface area contributed by atoms with Gasteiger partial charge in [0.05, 0.1) is 0 Å². The van der Waals surface area contributed by atoms with E-state index in [-0.39, 0.29) is 0 Å². The minimum atomic E-state index is -3.54. The Balaban J connectivity index is 1.43. The third kappa shape index (κ3) is 0.124. The summed E-state index contributed by atoms with van der Waals surface area (Å²) < 4.78 is 2.32. The Hall–Kier alpha value is -0.611. The van der Waals surface area contributed by atoms with Gasteiger partial charge in [-0.05, 0) is 0 Å². The molecule has 10 fully saturated rings. The average molecular weight is 370 g/mol. The van der Waals surface area contributed by atoms with E-state index in [4.69, 9.17) is 0 Å². The molecule has 10 heterocycles. The zero-order valence-electron chi connectivity index (χ0n) is 13.2. The molecular weight excluding hydrogens is 351 g/mol. The summed E-state index contributed by atoms with van der Waals surface area (Å²) in [5.41, 5.74) is 3.64. The quantitative estimate of drug-likeness (QED) is 0.492. The molecule has 10 atom stereocenters. The van der Waals surface area contributed by atoms with Crippen LogP contribution in [0, 0.1) is 0 Å². The van der Waals surface area contributed by atoms with Crippen LogP contribution in [-0.4, -0.2) is 4.05 Å². The average Bonchev–Trinajstić information content (AvgIpc) is 3.58. The van der Waals surface area contributed by atoms with Crippen molar-refractivity contribution in [1.82, 2.24) is 0 Å². The maximum absolute atomic E-state index is 3.66. The molecule has 2 aromatic rings. The Labute approximate surface area is 133 Å². The number of benzene rings is 2. The third-order valence-electron chi connectivity index (χ3n) is 17.5. The van der Waals surface area contributed by atoms with E-state index < -0.39 is 6.51 Å². The van der Waals surface area contributed by atoms with E-state index in [1.54, 1.807) is 0 Å². The van der Waals surface area contributed by atoms with Gasteiger partial charge in [0.2, 0.25) is 0 Å². The molecule has 0 radical (unpaired) electrons. The van der Waals surface area contributed by atoms with Crippen LogP contribution in [0.5, 0.6) is 0 Å². The van der Waals surface area contributed by atoms with Gasteiger partial charge in [-0.1, -0.05) is 0 Å². The van der Waals surface area contributed by atoms with Crippen molar-refractivity contribution >= 4 is 9.24 Å². The van der Waals surface area contributed by atoms with E-state index >= 15 is 0 Å². The van der Waals surface area contributed by atoms with Crippen molar-refractivity contribution in [2.75, 3.05) is 0 Å². The van der Waals surface area contributed by atoms with E-state index in [9.17, 15) is 0 Å². The van der Waals surface area contributed by atoms with E-state index in [0.29, 0.717) is 0 Å². The molecule has 10 saturated heterocycles. The van der Waals surface area contributed by atoms with Gasteiger partial charge in [-0.2, -0.15) is 0 Å². The van der Waals surface area contributed by atoms with Crippen molar-refractivity contribution in [2.24, 2.45) is 0 Å². The van der Waals surface area contributed by atoms with Crippen LogP contribution in [0.2, 0.25) is 33.7 Å². The van der Waals surface area contributed by atoms with Crippen molar-refractivity contribution in [3.63, 3.8) is 0 Å². The molecule has 10 aliphatic rings. The summed E-state index contributed by atoms with van der Waals surface area (Å²) in [4.78, 5) is 8.95.